The number of morpholine rings is 1. The minimum Gasteiger partial charge on any atom is -0.368 e. The molecular formula is C18H25N7O2. The van der Waals surface area contributed by atoms with E-state index in [-0.39, 0.29) is 12.1 Å². The first-order chi connectivity index (χ1) is 13.3. The normalized spacial score (nSPS) is 20.1. The van der Waals surface area contributed by atoms with Crippen LogP contribution in [0.3, 0.4) is 0 Å². The lowest BCUT2D eigenvalue weighted by molar-refractivity contribution is -0.0176. The molecule has 0 saturated carbocycles. The first kappa shape index (κ1) is 17.7. The predicted octanol–water partition coefficient (Wildman–Crippen LogP) is 1.06. The average Bonchev–Trinajstić information content (AvgIpc) is 3.42. The van der Waals surface area contributed by atoms with E-state index in [1.54, 1.807) is 23.6 Å². The summed E-state index contributed by atoms with van der Waals surface area (Å²) in [5, 5.41) is 2.96. The van der Waals surface area contributed by atoms with Gasteiger partial charge in [-0.05, 0) is 18.9 Å². The Bertz CT molecular complexity index is 746. The van der Waals surface area contributed by atoms with Crippen LogP contribution in [0, 0.1) is 0 Å². The van der Waals surface area contributed by atoms with Gasteiger partial charge in [-0.15, -0.1) is 0 Å². The van der Waals surface area contributed by atoms with Gasteiger partial charge in [0.15, 0.2) is 0 Å². The number of urea groups is 1. The number of nitrogens with one attached hydrogen (secondary N) is 1. The van der Waals surface area contributed by atoms with Crippen molar-refractivity contribution in [2.24, 2.45) is 0 Å². The maximum absolute atomic E-state index is 12.5. The van der Waals surface area contributed by atoms with Gasteiger partial charge in [-0.3, -0.25) is 0 Å². The van der Waals surface area contributed by atoms with Gasteiger partial charge < -0.3 is 24.4 Å². The molecule has 0 bridgehead atoms. The molecule has 1 atom stereocenters. The Morgan fingerprint density at radius 3 is 2.96 bits per heavy atom. The maximum Gasteiger partial charge on any atom is 0.317 e. The largest absolute Gasteiger partial charge is 0.368 e. The summed E-state index contributed by atoms with van der Waals surface area (Å²) in [6.07, 6.45) is 9.27. The van der Waals surface area contributed by atoms with Crippen LogP contribution in [-0.4, -0.2) is 69.8 Å². The number of anilines is 1. The van der Waals surface area contributed by atoms with Crippen molar-refractivity contribution in [1.29, 1.82) is 0 Å². The molecule has 2 aliphatic rings. The molecule has 9 nitrogen and oxygen atoms in total. The number of carbonyl (C=O) groups is 1. The lowest BCUT2D eigenvalue weighted by Gasteiger charge is -2.33. The Balaban J connectivity index is 1.33. The Hall–Kier alpha value is -2.68. The van der Waals surface area contributed by atoms with E-state index in [2.05, 4.69) is 25.2 Å². The molecule has 27 heavy (non-hydrogen) atoms. The standard InChI is InChI=1S/C18H25N7O2/c26-18(21-6-10-23-9-5-19-14-23)25-11-12-27-16(13-25)15-3-4-20-17(22-15)24-7-1-2-8-24/h3-5,9,14,16H,1-2,6-8,10-13H2,(H,21,26)/t16-/m1/s1. The zero-order chi connectivity index (χ0) is 18.5. The first-order valence-corrected chi connectivity index (χ1v) is 9.47. The summed E-state index contributed by atoms with van der Waals surface area (Å²) in [4.78, 5) is 29.5. The fourth-order valence-corrected chi connectivity index (χ4v) is 3.45. The fraction of sp³-hybridized carbons (Fsp3) is 0.556. The van der Waals surface area contributed by atoms with E-state index in [0.29, 0.717) is 32.8 Å². The molecule has 2 aromatic heterocycles. The highest BCUT2D eigenvalue weighted by molar-refractivity contribution is 5.74. The SMILES string of the molecule is O=C(NCCn1ccnc1)N1CCO[C@@H](c2ccnc(N3CCCC3)n2)C1. The van der Waals surface area contributed by atoms with Crippen LogP contribution >= 0.6 is 0 Å². The summed E-state index contributed by atoms with van der Waals surface area (Å²) in [7, 11) is 0. The van der Waals surface area contributed by atoms with Gasteiger partial charge >= 0.3 is 6.03 Å². The second kappa shape index (κ2) is 8.34. The topological polar surface area (TPSA) is 88.4 Å². The van der Waals surface area contributed by atoms with E-state index in [1.807, 2.05) is 16.8 Å². The zero-order valence-corrected chi connectivity index (χ0v) is 15.3. The Morgan fingerprint density at radius 1 is 1.26 bits per heavy atom. The van der Waals surface area contributed by atoms with Crippen LogP contribution < -0.4 is 10.2 Å². The van der Waals surface area contributed by atoms with Gasteiger partial charge in [0.05, 0.1) is 25.2 Å². The summed E-state index contributed by atoms with van der Waals surface area (Å²) in [6, 6.07) is 1.81. The highest BCUT2D eigenvalue weighted by Gasteiger charge is 2.27. The van der Waals surface area contributed by atoms with E-state index in [4.69, 9.17) is 4.74 Å². The molecule has 0 aromatic carbocycles. The number of carbonyl (C=O) groups excluding carboxylic acids is 1. The highest BCUT2D eigenvalue weighted by Crippen LogP contribution is 2.23. The van der Waals surface area contributed by atoms with E-state index < -0.39 is 0 Å². The van der Waals surface area contributed by atoms with Crippen LogP contribution in [0.2, 0.25) is 0 Å². The third-order valence-corrected chi connectivity index (χ3v) is 4.94. The van der Waals surface area contributed by atoms with Crippen LogP contribution in [-0.2, 0) is 11.3 Å². The minimum atomic E-state index is -0.220. The fourth-order valence-electron chi connectivity index (χ4n) is 3.45. The summed E-state index contributed by atoms with van der Waals surface area (Å²) in [5.41, 5.74) is 0.836. The molecule has 144 valence electrons. The highest BCUT2D eigenvalue weighted by atomic mass is 16.5. The molecule has 4 rings (SSSR count). The number of amides is 2. The summed E-state index contributed by atoms with van der Waals surface area (Å²) < 4.78 is 7.82. The van der Waals surface area contributed by atoms with Crippen molar-refractivity contribution in [3.8, 4) is 0 Å². The number of hydrogen-bond acceptors (Lipinski definition) is 6. The van der Waals surface area contributed by atoms with Crippen LogP contribution in [0.25, 0.3) is 0 Å². The number of hydrogen-bond donors (Lipinski definition) is 1. The molecule has 0 aliphatic carbocycles. The molecule has 2 amide bonds. The average molecular weight is 371 g/mol. The molecule has 1 N–H and O–H groups in total. The lowest BCUT2D eigenvalue weighted by Crippen LogP contribution is -2.47. The maximum atomic E-state index is 12.5. The number of aromatic nitrogens is 4. The predicted molar refractivity (Wildman–Crippen MR) is 99.4 cm³/mol. The summed E-state index contributed by atoms with van der Waals surface area (Å²) in [5.74, 6) is 0.760. The van der Waals surface area contributed by atoms with Gasteiger partial charge in [0.2, 0.25) is 5.95 Å². The quantitative estimate of drug-likeness (QED) is 0.845. The minimum absolute atomic E-state index is 0.0720. The number of ether oxygens (including phenoxy) is 1. The van der Waals surface area contributed by atoms with Gasteiger partial charge in [-0.25, -0.2) is 19.7 Å². The number of nitrogens with zero attached hydrogens (tertiary/aromatic N) is 6. The van der Waals surface area contributed by atoms with E-state index in [1.165, 1.54) is 12.8 Å². The Morgan fingerprint density at radius 2 is 2.15 bits per heavy atom. The van der Waals surface area contributed by atoms with E-state index in [9.17, 15) is 4.79 Å². The van der Waals surface area contributed by atoms with Crippen molar-refractivity contribution in [1.82, 2.24) is 29.7 Å². The molecule has 2 aromatic rings. The third-order valence-electron chi connectivity index (χ3n) is 4.94. The van der Waals surface area contributed by atoms with Crippen molar-refractivity contribution >= 4 is 12.0 Å². The van der Waals surface area contributed by atoms with Crippen molar-refractivity contribution in [3.63, 3.8) is 0 Å². The van der Waals surface area contributed by atoms with Crippen molar-refractivity contribution in [3.05, 3.63) is 36.7 Å². The zero-order valence-electron chi connectivity index (χ0n) is 15.3. The molecular weight excluding hydrogens is 346 g/mol. The number of imidazole rings is 1. The van der Waals surface area contributed by atoms with Crippen molar-refractivity contribution in [2.75, 3.05) is 44.2 Å². The first-order valence-electron chi connectivity index (χ1n) is 9.47. The van der Waals surface area contributed by atoms with Crippen molar-refractivity contribution in [2.45, 2.75) is 25.5 Å². The van der Waals surface area contributed by atoms with Gasteiger partial charge in [-0.2, -0.15) is 0 Å². The monoisotopic (exact) mass is 371 g/mol. The molecule has 0 unspecified atom stereocenters. The van der Waals surface area contributed by atoms with Gasteiger partial charge in [0, 0.05) is 51.3 Å². The van der Waals surface area contributed by atoms with Crippen LogP contribution in [0.5, 0.6) is 0 Å². The smallest absolute Gasteiger partial charge is 0.317 e. The van der Waals surface area contributed by atoms with Gasteiger partial charge in [-0.1, -0.05) is 0 Å². The Kier molecular flexibility index (Phi) is 5.47. The van der Waals surface area contributed by atoms with Crippen LogP contribution in [0.4, 0.5) is 10.7 Å². The number of rotatable bonds is 5. The molecule has 9 heteroatoms. The summed E-state index contributed by atoms with van der Waals surface area (Å²) >= 11 is 0. The second-order valence-electron chi connectivity index (χ2n) is 6.81. The van der Waals surface area contributed by atoms with Gasteiger partial charge in [0.1, 0.15) is 6.10 Å². The molecule has 2 aliphatic heterocycles. The summed E-state index contributed by atoms with van der Waals surface area (Å²) in [6.45, 7) is 4.84. The van der Waals surface area contributed by atoms with Crippen molar-refractivity contribution < 1.29 is 9.53 Å². The lowest BCUT2D eigenvalue weighted by atomic mass is 10.2. The Labute approximate surface area is 158 Å². The van der Waals surface area contributed by atoms with Gasteiger partial charge in [0.25, 0.3) is 0 Å². The third kappa shape index (κ3) is 4.36. The van der Waals surface area contributed by atoms with E-state index >= 15 is 0 Å². The molecule has 0 radical (unpaired) electrons. The van der Waals surface area contributed by atoms with Crippen LogP contribution in [0.15, 0.2) is 31.0 Å². The van der Waals surface area contributed by atoms with Crippen LogP contribution in [0.1, 0.15) is 24.6 Å². The molecule has 0 spiro atoms. The second-order valence-corrected chi connectivity index (χ2v) is 6.81. The molecule has 2 saturated heterocycles. The molecule has 2 fully saturated rings. The molecule has 4 heterocycles. The van der Waals surface area contributed by atoms with E-state index in [0.717, 1.165) is 24.7 Å².